The van der Waals surface area contributed by atoms with Gasteiger partial charge in [0.1, 0.15) is 35.4 Å². The summed E-state index contributed by atoms with van der Waals surface area (Å²) in [7, 11) is 0. The van der Waals surface area contributed by atoms with E-state index in [0.717, 1.165) is 148 Å². The van der Waals surface area contributed by atoms with E-state index >= 15 is 0 Å². The van der Waals surface area contributed by atoms with Crippen LogP contribution in [0, 0.1) is 23.3 Å². The molecule has 7 aliphatic heterocycles. The number of carbonyl (C=O) groups excluding carboxylic acids is 11. The highest BCUT2D eigenvalue weighted by Crippen LogP contribution is 2.36. The number of halogens is 4. The number of aromatic nitrogens is 4. The number of piperazine rings is 2. The number of rotatable bonds is 39. The van der Waals surface area contributed by atoms with Gasteiger partial charge in [-0.2, -0.15) is 10.2 Å². The summed E-state index contributed by atoms with van der Waals surface area (Å²) in [6, 6.07) is 37.9. The third kappa shape index (κ3) is 28.3. The molecule has 39 heteroatoms. The number of nitrogens with one attached hydrogen (secondary N) is 12. The van der Waals surface area contributed by atoms with E-state index in [1.54, 1.807) is 42.5 Å². The van der Waals surface area contributed by atoms with E-state index in [2.05, 4.69) is 88.3 Å². The average Bonchev–Trinajstić information content (AvgIpc) is 1.61. The monoisotopic (exact) mass is 1960 g/mol. The van der Waals surface area contributed by atoms with E-state index < -0.39 is 76.8 Å². The van der Waals surface area contributed by atoms with Crippen LogP contribution in [0.5, 0.6) is 0 Å². The number of ether oxygens (including phenoxy) is 2. The first-order valence-electron chi connectivity index (χ1n) is 48.9. The summed E-state index contributed by atoms with van der Waals surface area (Å²) in [6.07, 6.45) is 15.3. The molecular formula is C104H120F4N20O15. The largest absolute Gasteiger partial charge is 0.480 e. The number of unbranched alkanes of at least 4 members (excludes halogenated alkanes) is 8. The topological polar surface area (TPSA) is 463 Å². The Labute approximate surface area is 823 Å². The van der Waals surface area contributed by atoms with Gasteiger partial charge >= 0.3 is 5.97 Å². The molecule has 2 aromatic heterocycles. The maximum atomic E-state index is 14.0. The number of benzene rings is 8. The fraction of sp³-hybridized carbons (Fsp3) is 0.404. The molecule has 17 rings (SSSR count). The molecule has 10 amide bonds. The van der Waals surface area contributed by atoms with Gasteiger partial charge < -0.3 is 72.6 Å². The minimum Gasteiger partial charge on any atom is -0.480 e. The molecule has 754 valence electrons. The highest BCUT2D eigenvalue weighted by atomic mass is 19.1. The Balaban J connectivity index is 0.000000181. The van der Waals surface area contributed by atoms with E-state index in [4.69, 9.17) is 20.3 Å². The Morgan fingerprint density at radius 1 is 0.462 bits per heavy atom. The first kappa shape index (κ1) is 103. The molecule has 9 heterocycles. The van der Waals surface area contributed by atoms with Gasteiger partial charge in [-0.15, -0.1) is 0 Å². The number of carboxylic acids is 1. The molecule has 10 aromatic rings. The van der Waals surface area contributed by atoms with Crippen LogP contribution >= 0.6 is 0 Å². The van der Waals surface area contributed by atoms with E-state index in [1.165, 1.54) is 24.3 Å². The lowest BCUT2D eigenvalue weighted by Crippen LogP contribution is -2.54. The highest BCUT2D eigenvalue weighted by Gasteiger charge is 2.45. The number of anilines is 8. The summed E-state index contributed by atoms with van der Waals surface area (Å²) < 4.78 is 66.4. The lowest BCUT2D eigenvalue weighted by Gasteiger charge is -2.36. The van der Waals surface area contributed by atoms with Gasteiger partial charge in [0.05, 0.1) is 46.4 Å². The summed E-state index contributed by atoms with van der Waals surface area (Å²) in [4.78, 5) is 158. The van der Waals surface area contributed by atoms with Crippen molar-refractivity contribution in [2.75, 3.05) is 160 Å². The second-order valence-corrected chi connectivity index (χ2v) is 36.8. The zero-order valence-corrected chi connectivity index (χ0v) is 79.5. The fourth-order valence-corrected chi connectivity index (χ4v) is 18.7. The molecule has 2 unspecified atom stereocenters. The van der Waals surface area contributed by atoms with Gasteiger partial charge in [-0.05, 0) is 227 Å². The molecule has 0 bridgehead atoms. The van der Waals surface area contributed by atoms with Gasteiger partial charge in [0.25, 0.3) is 29.5 Å². The normalized spacial score (nSPS) is 17.0. The van der Waals surface area contributed by atoms with Crippen molar-refractivity contribution in [1.29, 1.82) is 0 Å². The molecule has 2 atom stereocenters. The predicted molar refractivity (Wildman–Crippen MR) is 533 cm³/mol. The van der Waals surface area contributed by atoms with Crippen LogP contribution in [0.25, 0.3) is 21.8 Å². The Morgan fingerprint density at radius 2 is 0.923 bits per heavy atom. The summed E-state index contributed by atoms with van der Waals surface area (Å²) in [5, 5.41) is 54.9. The van der Waals surface area contributed by atoms with Gasteiger partial charge in [0.15, 0.2) is 17.9 Å². The number of aromatic amines is 2. The van der Waals surface area contributed by atoms with Crippen LogP contribution < -0.4 is 68.7 Å². The number of fused-ring (bicyclic) bond motifs is 3. The summed E-state index contributed by atoms with van der Waals surface area (Å²) in [6.45, 7) is 11.2. The Hall–Kier alpha value is -14.5. The number of hydrogen-bond acceptors (Lipinski definition) is 25. The highest BCUT2D eigenvalue weighted by molar-refractivity contribution is 6.24. The first-order chi connectivity index (χ1) is 69.3. The molecule has 6 saturated heterocycles. The van der Waals surface area contributed by atoms with Gasteiger partial charge in [0, 0.05) is 192 Å². The molecule has 0 radical (unpaired) electrons. The summed E-state index contributed by atoms with van der Waals surface area (Å²) >= 11 is 0. The van der Waals surface area contributed by atoms with Crippen molar-refractivity contribution in [2.45, 2.75) is 153 Å². The second-order valence-electron chi connectivity index (χ2n) is 36.8. The predicted octanol–water partition coefficient (Wildman–Crippen LogP) is 11.8. The minimum absolute atomic E-state index is 0.00129. The minimum atomic E-state index is -0.996. The molecule has 0 spiro atoms. The van der Waals surface area contributed by atoms with Crippen molar-refractivity contribution >= 4 is 139 Å². The fourth-order valence-electron chi connectivity index (χ4n) is 18.7. The summed E-state index contributed by atoms with van der Waals surface area (Å²) in [5.74, 6) is -6.83. The van der Waals surface area contributed by atoms with Crippen LogP contribution in [0.1, 0.15) is 200 Å². The third-order valence-electron chi connectivity index (χ3n) is 26.4. The Morgan fingerprint density at radius 3 is 1.42 bits per heavy atom. The maximum Gasteiger partial charge on any atom is 0.317 e. The first-order valence-corrected chi connectivity index (χ1v) is 48.9. The van der Waals surface area contributed by atoms with Crippen molar-refractivity contribution in [3.8, 4) is 0 Å². The molecular weight excluding hydrogens is 1850 g/mol. The molecule has 0 saturated carbocycles. The number of carbonyl (C=O) groups is 12. The van der Waals surface area contributed by atoms with Crippen LogP contribution in [0.4, 0.5) is 63.3 Å². The van der Waals surface area contributed by atoms with Crippen LogP contribution in [-0.4, -0.2) is 254 Å². The van der Waals surface area contributed by atoms with E-state index in [-0.39, 0.29) is 90.2 Å². The van der Waals surface area contributed by atoms with Crippen LogP contribution in [0.2, 0.25) is 0 Å². The SMILES string of the molecule is NCCCCCCCNc1ccc(C(=O)NC2CCC(=O)NC2=O)c(C=O)c1.O=C(CN1CCN(c2ccc(C(=O)Nc3n[nH]c4ccc(Cc5cc(F)cc(F)c5)cc34)c(NC3CCOCC3)c2)CC1)NCCCCCCCNc1ccc2c(c1)C(=O)N(C1CCC(=O)NC1=O)C2=O.O=C(O)CN1CCN(c2ccc(C(=O)Nc3n[nH]c4ccc(Cc5cc(F)cc(F)c5)cc34)c(NC3CCOCC3)c2)CC1. The number of nitrogens with zero attached hydrogens (tertiary/aromatic N) is 7. The molecule has 143 heavy (non-hydrogen) atoms. The number of imide groups is 3. The molecule has 6 fully saturated rings. The maximum absolute atomic E-state index is 14.0. The number of nitrogens with two attached hydrogens (primary N) is 1. The molecule has 0 aliphatic carbocycles. The number of piperidine rings is 2. The van der Waals surface area contributed by atoms with Crippen LogP contribution in [0.3, 0.4) is 0 Å². The van der Waals surface area contributed by atoms with Gasteiger partial charge in [-0.1, -0.05) is 50.7 Å². The molecule has 8 aromatic carbocycles. The third-order valence-corrected chi connectivity index (χ3v) is 26.4. The van der Waals surface area contributed by atoms with Crippen molar-refractivity contribution in [1.82, 2.24) is 56.4 Å². The van der Waals surface area contributed by atoms with Crippen molar-refractivity contribution < 1.29 is 89.7 Å². The number of carboxylic acid groups (broad SMARTS) is 1. The lowest BCUT2D eigenvalue weighted by molar-refractivity contribution is -0.139. The smallest absolute Gasteiger partial charge is 0.317 e. The van der Waals surface area contributed by atoms with Crippen molar-refractivity contribution in [3.05, 3.63) is 224 Å². The number of aliphatic carboxylic acids is 1. The summed E-state index contributed by atoms with van der Waals surface area (Å²) in [5.41, 5.74) is 16.2. The zero-order valence-electron chi connectivity index (χ0n) is 79.5. The second kappa shape index (κ2) is 49.7. The van der Waals surface area contributed by atoms with Crippen molar-refractivity contribution in [3.63, 3.8) is 0 Å². The standard InChI is InChI=1S/C52H58F2N10O7.C32H34F2N6O4.C20H28N4O4/c53-34-25-33(26-35(54)28-34)24-32-6-11-43-42(27-32)48(61-60-43)59-49(67)40-10-8-38(30-44(40)57-36-14-22-71-23-15-36)63-20-18-62(19-21-63)31-47(66)56-17-5-3-1-2-4-16-55-37-7-9-39-41(29-37)52(70)64(51(39)69)45-12-13-46(65)58-50(45)68;33-22-14-21(15-23(34)17-22)13-20-1-4-28-27(16-20)31(38-37-28)36-32(43)26-3-2-25(18-29(26)35-24-5-11-44-12-6-24)40-9-7-39(8-10-40)19-30(41)42;21-10-4-2-1-3-5-11-22-15-6-7-16(14(12-15)13-25)19(27)23-17-8-9-18(26)24-20(17)28/h6-11,25-30,36,45,55,57H,1-5,12-24,31H2,(H,56,66)(H,58,65,68)(H2,59,60,61,67);1-4,14-18,24,35H,5-13,19H2,(H,41,42)(H2,36,37,38,43);6-7,12-13,17,22H,1-5,8-11,21H2,(H,23,27)(H,24,26,28). The molecule has 7 aliphatic rings. The van der Waals surface area contributed by atoms with E-state index in [1.807, 2.05) is 71.6 Å². The van der Waals surface area contributed by atoms with Gasteiger partial charge in [-0.25, -0.2) is 17.6 Å². The Kier molecular flexibility index (Phi) is 35.8. The molecule has 15 N–H and O–H groups in total. The van der Waals surface area contributed by atoms with Crippen LogP contribution in [0.15, 0.2) is 146 Å². The average molecular weight is 1970 g/mol. The van der Waals surface area contributed by atoms with Gasteiger partial charge in [0.2, 0.25) is 29.5 Å². The zero-order chi connectivity index (χ0) is 100. The van der Waals surface area contributed by atoms with Crippen molar-refractivity contribution in [2.24, 2.45) is 5.73 Å². The number of H-pyrrole nitrogens is 2. The van der Waals surface area contributed by atoms with E-state index in [9.17, 15) is 75.1 Å². The lowest BCUT2D eigenvalue weighted by atomic mass is 10.0. The Bertz CT molecular complexity index is 6250. The quantitative estimate of drug-likeness (QED) is 0.00736. The number of aldehydes is 1. The van der Waals surface area contributed by atoms with Gasteiger partial charge in [-0.3, -0.25) is 93.1 Å². The number of hydrogen-bond donors (Lipinski definition) is 14. The van der Waals surface area contributed by atoms with Crippen LogP contribution in [-0.2, 0) is 51.1 Å². The molecule has 35 nitrogen and oxygen atoms in total. The number of amides is 10. The van der Waals surface area contributed by atoms with E-state index in [0.29, 0.717) is 190 Å².